The summed E-state index contributed by atoms with van der Waals surface area (Å²) in [6.07, 6.45) is 3.06. The molecule has 134 valence electrons. The van der Waals surface area contributed by atoms with Gasteiger partial charge in [0.25, 0.3) is 5.69 Å². The number of nitro benzene ring substituents is 1. The van der Waals surface area contributed by atoms with Crippen molar-refractivity contribution < 1.29 is 19.2 Å². The first-order valence-electron chi connectivity index (χ1n) is 8.28. The fourth-order valence-electron chi connectivity index (χ4n) is 3.07. The van der Waals surface area contributed by atoms with Crippen molar-refractivity contribution in [3.63, 3.8) is 0 Å². The molecule has 0 fully saturated rings. The highest BCUT2D eigenvalue weighted by atomic mass is 16.6. The molecule has 2 aromatic carbocycles. The summed E-state index contributed by atoms with van der Waals surface area (Å²) in [7, 11) is 1.59. The van der Waals surface area contributed by atoms with E-state index in [1.807, 2.05) is 12.1 Å². The van der Waals surface area contributed by atoms with E-state index in [-0.39, 0.29) is 17.0 Å². The van der Waals surface area contributed by atoms with E-state index in [0.29, 0.717) is 11.3 Å². The molecule has 3 rings (SSSR count). The lowest BCUT2D eigenvalue weighted by atomic mass is 10.0. The fraction of sp³-hybridized carbons (Fsp3) is 0.263. The van der Waals surface area contributed by atoms with E-state index in [9.17, 15) is 19.7 Å². The van der Waals surface area contributed by atoms with Crippen LogP contribution < -0.4 is 5.32 Å². The Labute approximate surface area is 150 Å². The maximum atomic E-state index is 12.3. The van der Waals surface area contributed by atoms with Gasteiger partial charge >= 0.3 is 5.97 Å². The number of benzene rings is 2. The minimum atomic E-state index is -0.785. The number of ketones is 1. The minimum absolute atomic E-state index is 0.0171. The normalized spacial score (nSPS) is 12.3. The van der Waals surface area contributed by atoms with Gasteiger partial charge in [-0.1, -0.05) is 12.1 Å². The molecule has 0 unspecified atom stereocenters. The van der Waals surface area contributed by atoms with Gasteiger partial charge in [0.2, 0.25) is 0 Å². The second-order valence-electron chi connectivity index (χ2n) is 6.07. The number of hydrogen-bond acceptors (Lipinski definition) is 6. The number of esters is 1. The van der Waals surface area contributed by atoms with Crippen LogP contribution in [0.1, 0.15) is 38.3 Å². The number of Topliss-reactive ketones (excluding diaryl/α,β-unsaturated/α-hetero) is 1. The molecule has 0 aromatic heterocycles. The van der Waals surface area contributed by atoms with E-state index in [1.165, 1.54) is 23.3 Å². The third-order valence-electron chi connectivity index (χ3n) is 4.46. The number of anilines is 1. The second kappa shape index (κ2) is 7.35. The maximum absolute atomic E-state index is 12.3. The number of rotatable bonds is 6. The van der Waals surface area contributed by atoms with E-state index >= 15 is 0 Å². The number of non-ortho nitro benzene ring substituents is 1. The predicted octanol–water partition coefficient (Wildman–Crippen LogP) is 3.16. The second-order valence-corrected chi connectivity index (χ2v) is 6.07. The van der Waals surface area contributed by atoms with Gasteiger partial charge in [-0.25, -0.2) is 4.79 Å². The molecular weight excluding hydrogens is 336 g/mol. The standard InChI is InChI=1S/C19H18N2O5/c1-20-17-8-7-15(21(24)25)10-16(17)19(23)26-11-18(22)14-6-5-12-3-2-4-13(12)9-14/h5-10,20H,2-4,11H2,1H3. The highest BCUT2D eigenvalue weighted by molar-refractivity contribution is 6.01. The van der Waals surface area contributed by atoms with Crippen LogP contribution in [0, 0.1) is 10.1 Å². The Kier molecular flexibility index (Phi) is 4.97. The molecule has 0 radical (unpaired) electrons. The van der Waals surface area contributed by atoms with Gasteiger partial charge in [0.1, 0.15) is 0 Å². The molecule has 1 aliphatic rings. The lowest BCUT2D eigenvalue weighted by Gasteiger charge is -2.09. The molecule has 0 bridgehead atoms. The molecule has 1 aliphatic carbocycles. The Morgan fingerprint density at radius 1 is 1.15 bits per heavy atom. The molecule has 26 heavy (non-hydrogen) atoms. The number of carbonyl (C=O) groups is 2. The zero-order valence-corrected chi connectivity index (χ0v) is 14.3. The molecule has 0 spiro atoms. The summed E-state index contributed by atoms with van der Waals surface area (Å²) >= 11 is 0. The van der Waals surface area contributed by atoms with Crippen molar-refractivity contribution in [1.29, 1.82) is 0 Å². The van der Waals surface area contributed by atoms with Crippen molar-refractivity contribution >= 4 is 23.1 Å². The van der Waals surface area contributed by atoms with Crippen LogP contribution in [0.3, 0.4) is 0 Å². The molecule has 0 heterocycles. The Morgan fingerprint density at radius 3 is 2.65 bits per heavy atom. The smallest absolute Gasteiger partial charge is 0.340 e. The quantitative estimate of drug-likeness (QED) is 0.370. The van der Waals surface area contributed by atoms with Gasteiger partial charge in [-0.05, 0) is 42.5 Å². The predicted molar refractivity (Wildman–Crippen MR) is 95.7 cm³/mol. The number of carbonyl (C=O) groups excluding carboxylic acids is 2. The number of aryl methyl sites for hydroxylation is 2. The van der Waals surface area contributed by atoms with Gasteiger partial charge in [-0.15, -0.1) is 0 Å². The van der Waals surface area contributed by atoms with Crippen LogP contribution in [-0.4, -0.2) is 30.3 Å². The zero-order chi connectivity index (χ0) is 18.7. The SMILES string of the molecule is CNc1ccc([N+](=O)[O-])cc1C(=O)OCC(=O)c1ccc2c(c1)CCC2. The van der Waals surface area contributed by atoms with E-state index < -0.39 is 17.5 Å². The Balaban J connectivity index is 1.71. The molecule has 7 heteroatoms. The fourth-order valence-corrected chi connectivity index (χ4v) is 3.07. The highest BCUT2D eigenvalue weighted by Crippen LogP contribution is 2.24. The van der Waals surface area contributed by atoms with Crippen LogP contribution in [0.2, 0.25) is 0 Å². The summed E-state index contributed by atoms with van der Waals surface area (Å²) in [5, 5.41) is 13.7. The van der Waals surface area contributed by atoms with E-state index in [2.05, 4.69) is 5.32 Å². The van der Waals surface area contributed by atoms with Crippen molar-refractivity contribution in [2.75, 3.05) is 19.0 Å². The monoisotopic (exact) mass is 354 g/mol. The van der Waals surface area contributed by atoms with Crippen LogP contribution >= 0.6 is 0 Å². The molecule has 0 atom stereocenters. The van der Waals surface area contributed by atoms with E-state index in [0.717, 1.165) is 25.3 Å². The van der Waals surface area contributed by atoms with Crippen LogP contribution in [0.15, 0.2) is 36.4 Å². The van der Waals surface area contributed by atoms with Crippen LogP contribution in [0.4, 0.5) is 11.4 Å². The van der Waals surface area contributed by atoms with Crippen molar-refractivity contribution in [3.8, 4) is 0 Å². The molecule has 0 amide bonds. The van der Waals surface area contributed by atoms with Crippen LogP contribution in [0.5, 0.6) is 0 Å². The van der Waals surface area contributed by atoms with Crippen LogP contribution in [-0.2, 0) is 17.6 Å². The highest BCUT2D eigenvalue weighted by Gasteiger charge is 2.20. The largest absolute Gasteiger partial charge is 0.454 e. The third kappa shape index (κ3) is 3.56. The van der Waals surface area contributed by atoms with Crippen molar-refractivity contribution in [2.24, 2.45) is 0 Å². The van der Waals surface area contributed by atoms with Gasteiger partial charge in [0, 0.05) is 30.4 Å². The molecular formula is C19H18N2O5. The molecule has 0 saturated heterocycles. The van der Waals surface area contributed by atoms with Gasteiger partial charge in [-0.3, -0.25) is 14.9 Å². The maximum Gasteiger partial charge on any atom is 0.340 e. The summed E-state index contributed by atoms with van der Waals surface area (Å²) in [5.74, 6) is -1.09. The summed E-state index contributed by atoms with van der Waals surface area (Å²) in [4.78, 5) is 34.9. The Bertz CT molecular complexity index is 891. The molecule has 2 aromatic rings. The molecule has 0 aliphatic heterocycles. The van der Waals surface area contributed by atoms with Gasteiger partial charge in [0.15, 0.2) is 12.4 Å². The summed E-state index contributed by atoms with van der Waals surface area (Å²) < 4.78 is 5.09. The first kappa shape index (κ1) is 17.6. The number of fused-ring (bicyclic) bond motifs is 1. The van der Waals surface area contributed by atoms with E-state index in [1.54, 1.807) is 13.1 Å². The first-order chi connectivity index (χ1) is 12.5. The lowest BCUT2D eigenvalue weighted by Crippen LogP contribution is -2.16. The Hall–Kier alpha value is -3.22. The van der Waals surface area contributed by atoms with E-state index in [4.69, 9.17) is 4.74 Å². The van der Waals surface area contributed by atoms with Crippen molar-refractivity contribution in [3.05, 3.63) is 68.8 Å². The van der Waals surface area contributed by atoms with Crippen LogP contribution in [0.25, 0.3) is 0 Å². The summed E-state index contributed by atoms with van der Waals surface area (Å²) in [5.41, 5.74) is 3.12. The Morgan fingerprint density at radius 2 is 1.92 bits per heavy atom. The van der Waals surface area contributed by atoms with Gasteiger partial charge in [0.05, 0.1) is 10.5 Å². The average molecular weight is 354 g/mol. The average Bonchev–Trinajstić information content (AvgIpc) is 3.12. The number of ether oxygens (including phenoxy) is 1. The molecule has 7 nitrogen and oxygen atoms in total. The lowest BCUT2D eigenvalue weighted by molar-refractivity contribution is -0.384. The topological polar surface area (TPSA) is 98.5 Å². The summed E-state index contributed by atoms with van der Waals surface area (Å²) in [6, 6.07) is 9.39. The third-order valence-corrected chi connectivity index (χ3v) is 4.46. The molecule has 1 N–H and O–H groups in total. The number of nitrogens with zero attached hydrogens (tertiary/aromatic N) is 1. The zero-order valence-electron chi connectivity index (χ0n) is 14.3. The van der Waals surface area contributed by atoms with Crippen molar-refractivity contribution in [2.45, 2.75) is 19.3 Å². The number of hydrogen-bond donors (Lipinski definition) is 1. The summed E-state index contributed by atoms with van der Waals surface area (Å²) in [6.45, 7) is -0.413. The van der Waals surface area contributed by atoms with Crippen molar-refractivity contribution in [1.82, 2.24) is 0 Å². The first-order valence-corrected chi connectivity index (χ1v) is 8.28. The minimum Gasteiger partial charge on any atom is -0.454 e. The van der Waals surface area contributed by atoms with Gasteiger partial charge in [-0.2, -0.15) is 0 Å². The van der Waals surface area contributed by atoms with Gasteiger partial charge < -0.3 is 10.1 Å². The number of nitro groups is 1. The molecule has 0 saturated carbocycles. The number of nitrogens with one attached hydrogen (secondary N) is 1.